The Morgan fingerprint density at radius 3 is 2.67 bits per heavy atom. The Hall–Kier alpha value is -2.80. The van der Waals surface area contributed by atoms with Gasteiger partial charge < -0.3 is 14.8 Å². The summed E-state index contributed by atoms with van der Waals surface area (Å²) in [6.07, 6.45) is 13.4. The van der Waals surface area contributed by atoms with Crippen LogP contribution in [0, 0.1) is 0 Å². The zero-order valence-corrected chi connectivity index (χ0v) is 17.8. The van der Waals surface area contributed by atoms with Crippen LogP contribution in [0.5, 0.6) is 0 Å². The Balaban J connectivity index is 1.51. The SMILES string of the molecule is CN(C)C1(CNC(=O)C[C@@H](c2cnc3ccccc3n2)n2ccnc2)CCCCC1. The number of hydrogen-bond donors (Lipinski definition) is 1. The number of rotatable bonds is 7. The molecule has 1 N–H and O–H groups in total. The summed E-state index contributed by atoms with van der Waals surface area (Å²) < 4.78 is 1.93. The molecule has 1 aromatic carbocycles. The highest BCUT2D eigenvalue weighted by atomic mass is 16.1. The summed E-state index contributed by atoms with van der Waals surface area (Å²) in [6.45, 7) is 0.679. The second-order valence-corrected chi connectivity index (χ2v) is 8.47. The van der Waals surface area contributed by atoms with Gasteiger partial charge in [-0.2, -0.15) is 0 Å². The lowest BCUT2D eigenvalue weighted by Gasteiger charge is -2.43. The van der Waals surface area contributed by atoms with E-state index in [2.05, 4.69) is 34.3 Å². The van der Waals surface area contributed by atoms with Gasteiger partial charge in [0, 0.05) is 24.5 Å². The van der Waals surface area contributed by atoms with Crippen LogP contribution >= 0.6 is 0 Å². The lowest BCUT2D eigenvalue weighted by atomic mass is 9.80. The van der Waals surface area contributed by atoms with Gasteiger partial charge in [0.15, 0.2) is 0 Å². The molecule has 1 fully saturated rings. The standard InChI is InChI=1S/C23H30N6O/c1-28(2)23(10-6-3-7-11-23)16-26-22(30)14-21(29-13-12-24-17-29)20-15-25-18-8-4-5-9-19(18)27-20/h4-5,8-9,12-13,15,17,21H,3,6-7,10-11,14,16H2,1-2H3,(H,26,30)/t21-/m0/s1. The van der Waals surface area contributed by atoms with E-state index in [4.69, 9.17) is 4.98 Å². The zero-order chi connectivity index (χ0) is 21.0. The summed E-state index contributed by atoms with van der Waals surface area (Å²) in [4.78, 5) is 28.8. The topological polar surface area (TPSA) is 75.9 Å². The van der Waals surface area contributed by atoms with Gasteiger partial charge in [-0.15, -0.1) is 0 Å². The van der Waals surface area contributed by atoms with E-state index < -0.39 is 0 Å². The van der Waals surface area contributed by atoms with Crippen molar-refractivity contribution in [3.8, 4) is 0 Å². The first kappa shape index (κ1) is 20.5. The van der Waals surface area contributed by atoms with Crippen molar-refractivity contribution < 1.29 is 4.79 Å². The number of nitrogens with zero attached hydrogens (tertiary/aromatic N) is 5. The number of para-hydroxylation sites is 2. The van der Waals surface area contributed by atoms with E-state index in [0.29, 0.717) is 13.0 Å². The van der Waals surface area contributed by atoms with Crippen LogP contribution in [0.1, 0.15) is 50.3 Å². The summed E-state index contributed by atoms with van der Waals surface area (Å²) in [7, 11) is 4.24. The van der Waals surface area contributed by atoms with E-state index >= 15 is 0 Å². The predicted octanol–water partition coefficient (Wildman–Crippen LogP) is 3.19. The van der Waals surface area contributed by atoms with Crippen molar-refractivity contribution in [2.75, 3.05) is 20.6 Å². The number of aromatic nitrogens is 4. The molecule has 0 aliphatic heterocycles. The largest absolute Gasteiger partial charge is 0.354 e. The molecule has 7 heteroatoms. The Morgan fingerprint density at radius 1 is 1.20 bits per heavy atom. The van der Waals surface area contributed by atoms with E-state index in [1.807, 2.05) is 35.0 Å². The molecule has 2 aromatic heterocycles. The molecule has 2 heterocycles. The molecule has 0 radical (unpaired) electrons. The monoisotopic (exact) mass is 406 g/mol. The molecule has 3 aromatic rings. The lowest BCUT2D eigenvalue weighted by Crippen LogP contribution is -2.53. The fourth-order valence-corrected chi connectivity index (χ4v) is 4.45. The Bertz CT molecular complexity index is 978. The van der Waals surface area contributed by atoms with E-state index in [1.165, 1.54) is 19.3 Å². The molecule has 4 rings (SSSR count). The minimum atomic E-state index is -0.244. The second-order valence-electron chi connectivity index (χ2n) is 8.47. The van der Waals surface area contributed by atoms with E-state index in [1.54, 1.807) is 18.7 Å². The van der Waals surface area contributed by atoms with Crippen molar-refractivity contribution in [3.05, 3.63) is 54.9 Å². The number of amides is 1. The number of carbonyl (C=O) groups is 1. The highest BCUT2D eigenvalue weighted by Crippen LogP contribution is 2.31. The summed E-state index contributed by atoms with van der Waals surface area (Å²) in [6, 6.07) is 7.54. The molecule has 7 nitrogen and oxygen atoms in total. The van der Waals surface area contributed by atoms with Crippen molar-refractivity contribution in [1.82, 2.24) is 29.7 Å². The third-order valence-corrected chi connectivity index (χ3v) is 6.42. The molecule has 0 bridgehead atoms. The maximum Gasteiger partial charge on any atom is 0.222 e. The molecule has 1 saturated carbocycles. The van der Waals surface area contributed by atoms with Gasteiger partial charge in [0.25, 0.3) is 0 Å². The molecule has 30 heavy (non-hydrogen) atoms. The first-order valence-corrected chi connectivity index (χ1v) is 10.7. The van der Waals surface area contributed by atoms with Gasteiger partial charge in [-0.05, 0) is 39.1 Å². The molecule has 0 spiro atoms. The van der Waals surface area contributed by atoms with Crippen LogP contribution in [-0.2, 0) is 4.79 Å². The number of likely N-dealkylation sites (N-methyl/N-ethyl adjacent to an activating group) is 1. The first-order valence-electron chi connectivity index (χ1n) is 10.7. The van der Waals surface area contributed by atoms with Crippen molar-refractivity contribution in [3.63, 3.8) is 0 Å². The Kier molecular flexibility index (Phi) is 6.08. The summed E-state index contributed by atoms with van der Waals surface area (Å²) in [5, 5.41) is 3.21. The minimum absolute atomic E-state index is 0.0236. The molecule has 158 valence electrons. The first-order chi connectivity index (χ1) is 14.6. The van der Waals surface area contributed by atoms with Crippen LogP contribution in [0.15, 0.2) is 49.2 Å². The molecule has 1 amide bonds. The maximum atomic E-state index is 13.0. The molecule has 0 saturated heterocycles. The summed E-state index contributed by atoms with van der Waals surface area (Å²) in [5.41, 5.74) is 2.50. The van der Waals surface area contributed by atoms with Crippen LogP contribution in [0.25, 0.3) is 11.0 Å². The third kappa shape index (κ3) is 4.36. The van der Waals surface area contributed by atoms with Crippen LogP contribution in [0.2, 0.25) is 0 Å². The van der Waals surface area contributed by atoms with Crippen LogP contribution < -0.4 is 5.32 Å². The highest BCUT2D eigenvalue weighted by Gasteiger charge is 2.34. The van der Waals surface area contributed by atoms with Crippen LogP contribution in [0.3, 0.4) is 0 Å². The maximum absolute atomic E-state index is 13.0. The quantitative estimate of drug-likeness (QED) is 0.652. The average molecular weight is 407 g/mol. The van der Waals surface area contributed by atoms with Gasteiger partial charge >= 0.3 is 0 Å². The van der Waals surface area contributed by atoms with Gasteiger partial charge in [-0.25, -0.2) is 9.97 Å². The van der Waals surface area contributed by atoms with Crippen molar-refractivity contribution in [1.29, 1.82) is 0 Å². The lowest BCUT2D eigenvalue weighted by molar-refractivity contribution is -0.122. The minimum Gasteiger partial charge on any atom is -0.354 e. The highest BCUT2D eigenvalue weighted by molar-refractivity contribution is 5.77. The normalized spacial score (nSPS) is 17.2. The van der Waals surface area contributed by atoms with E-state index in [-0.39, 0.29) is 17.5 Å². The van der Waals surface area contributed by atoms with Crippen molar-refractivity contribution in [2.24, 2.45) is 0 Å². The smallest absolute Gasteiger partial charge is 0.222 e. The number of imidazole rings is 1. The van der Waals surface area contributed by atoms with Crippen molar-refractivity contribution in [2.45, 2.75) is 50.1 Å². The summed E-state index contributed by atoms with van der Waals surface area (Å²) in [5.74, 6) is 0.0236. The van der Waals surface area contributed by atoms with Crippen LogP contribution in [0.4, 0.5) is 0 Å². The van der Waals surface area contributed by atoms with Gasteiger partial charge in [0.2, 0.25) is 5.91 Å². The third-order valence-electron chi connectivity index (χ3n) is 6.42. The zero-order valence-electron chi connectivity index (χ0n) is 17.8. The Morgan fingerprint density at radius 2 is 1.97 bits per heavy atom. The molecular formula is C23H30N6O. The number of carbonyl (C=O) groups excluding carboxylic acids is 1. The van der Waals surface area contributed by atoms with Gasteiger partial charge in [0.1, 0.15) is 0 Å². The number of nitrogens with one attached hydrogen (secondary N) is 1. The summed E-state index contributed by atoms with van der Waals surface area (Å²) >= 11 is 0. The molecule has 1 aliphatic carbocycles. The number of hydrogen-bond acceptors (Lipinski definition) is 5. The van der Waals surface area contributed by atoms with E-state index in [0.717, 1.165) is 29.6 Å². The predicted molar refractivity (Wildman–Crippen MR) is 117 cm³/mol. The van der Waals surface area contributed by atoms with Gasteiger partial charge in [-0.3, -0.25) is 9.78 Å². The fourth-order valence-electron chi connectivity index (χ4n) is 4.45. The van der Waals surface area contributed by atoms with Crippen LogP contribution in [-0.4, -0.2) is 56.5 Å². The molecule has 0 unspecified atom stereocenters. The number of fused-ring (bicyclic) bond motifs is 1. The average Bonchev–Trinajstić information content (AvgIpc) is 3.31. The molecular weight excluding hydrogens is 376 g/mol. The molecule has 1 aliphatic rings. The fraction of sp³-hybridized carbons (Fsp3) is 0.478. The van der Waals surface area contributed by atoms with E-state index in [9.17, 15) is 4.79 Å². The Labute approximate surface area is 177 Å². The van der Waals surface area contributed by atoms with Gasteiger partial charge in [0.05, 0.1) is 41.7 Å². The second kappa shape index (κ2) is 8.92. The van der Waals surface area contributed by atoms with Gasteiger partial charge in [-0.1, -0.05) is 31.4 Å². The molecule has 1 atom stereocenters. The number of benzene rings is 1. The van der Waals surface area contributed by atoms with Crippen molar-refractivity contribution >= 4 is 16.9 Å².